The molecule has 0 amide bonds. The number of benzene rings is 1. The van der Waals surface area contributed by atoms with Gasteiger partial charge in [-0.25, -0.2) is 13.8 Å². The molecule has 0 aliphatic heterocycles. The van der Waals surface area contributed by atoms with Crippen LogP contribution >= 0.6 is 31.9 Å². The van der Waals surface area contributed by atoms with E-state index in [0.29, 0.717) is 0 Å². The minimum absolute atomic E-state index is 0.316. The van der Waals surface area contributed by atoms with E-state index < -0.39 is 33.6 Å². The second kappa shape index (κ2) is 3.91. The zero-order valence-corrected chi connectivity index (χ0v) is 10.8. The molecule has 0 spiro atoms. The highest BCUT2D eigenvalue weighted by atomic mass is 79.9. The lowest BCUT2D eigenvalue weighted by molar-refractivity contribution is -0.144. The normalized spacial score (nSPS) is 12.4. The van der Waals surface area contributed by atoms with Crippen LogP contribution in [0.25, 0.3) is 11.0 Å². The van der Waals surface area contributed by atoms with Crippen molar-refractivity contribution >= 4 is 42.9 Å². The first-order valence-corrected chi connectivity index (χ1v) is 5.61. The number of nitrogens with one attached hydrogen (secondary N) is 1. The van der Waals surface area contributed by atoms with Gasteiger partial charge in [0, 0.05) is 0 Å². The first-order valence-electron chi connectivity index (χ1n) is 4.02. The zero-order valence-electron chi connectivity index (χ0n) is 7.59. The third-order valence-corrected chi connectivity index (χ3v) is 3.42. The van der Waals surface area contributed by atoms with E-state index in [9.17, 15) is 22.0 Å². The van der Waals surface area contributed by atoms with Crippen molar-refractivity contribution in [3.63, 3.8) is 0 Å². The van der Waals surface area contributed by atoms with Crippen LogP contribution in [0.15, 0.2) is 8.95 Å². The third kappa shape index (κ3) is 1.95. The lowest BCUT2D eigenvalue weighted by Crippen LogP contribution is -2.06. The van der Waals surface area contributed by atoms with Crippen molar-refractivity contribution in [1.29, 1.82) is 0 Å². The van der Waals surface area contributed by atoms with Crippen molar-refractivity contribution in [3.05, 3.63) is 26.4 Å². The molecule has 92 valence electrons. The Kier molecular flexibility index (Phi) is 2.93. The quantitative estimate of drug-likeness (QED) is 0.410. The maximum atomic E-state index is 13.5. The summed E-state index contributed by atoms with van der Waals surface area (Å²) in [4.78, 5) is 4.89. The molecule has 0 aliphatic rings. The molecular weight excluding hydrogens is 379 g/mol. The van der Waals surface area contributed by atoms with E-state index in [2.05, 4.69) is 36.8 Å². The van der Waals surface area contributed by atoms with Crippen LogP contribution in [-0.4, -0.2) is 9.97 Å². The fourth-order valence-electron chi connectivity index (χ4n) is 1.23. The van der Waals surface area contributed by atoms with E-state index in [0.717, 1.165) is 0 Å². The topological polar surface area (TPSA) is 28.7 Å². The standard InChI is InChI=1S/C8HBr2F5N2/c9-1-3(11)2(10)5-6(4(1)12)17-7(16-5)8(13,14)15/h(H,16,17). The second-order valence-electron chi connectivity index (χ2n) is 3.06. The van der Waals surface area contributed by atoms with Gasteiger partial charge in [-0.3, -0.25) is 0 Å². The van der Waals surface area contributed by atoms with Crippen LogP contribution in [0, 0.1) is 11.6 Å². The fraction of sp³-hybridized carbons (Fsp3) is 0.125. The summed E-state index contributed by atoms with van der Waals surface area (Å²) in [7, 11) is 0. The Morgan fingerprint density at radius 2 is 1.59 bits per heavy atom. The Morgan fingerprint density at radius 1 is 1.00 bits per heavy atom. The monoisotopic (exact) mass is 378 g/mol. The smallest absolute Gasteiger partial charge is 0.333 e. The molecule has 2 nitrogen and oxygen atoms in total. The molecule has 1 N–H and O–H groups in total. The minimum Gasteiger partial charge on any atom is -0.333 e. The Balaban J connectivity index is 2.86. The molecule has 0 saturated carbocycles. The van der Waals surface area contributed by atoms with Gasteiger partial charge in [0.25, 0.3) is 0 Å². The molecule has 0 radical (unpaired) electrons. The lowest BCUT2D eigenvalue weighted by Gasteiger charge is -2.00. The molecule has 0 atom stereocenters. The van der Waals surface area contributed by atoms with E-state index in [1.165, 1.54) is 0 Å². The number of hydrogen-bond acceptors (Lipinski definition) is 1. The number of alkyl halides is 3. The van der Waals surface area contributed by atoms with Crippen molar-refractivity contribution in [3.8, 4) is 0 Å². The predicted molar refractivity (Wildman–Crippen MR) is 56.4 cm³/mol. The van der Waals surface area contributed by atoms with Gasteiger partial charge in [0.1, 0.15) is 5.52 Å². The van der Waals surface area contributed by atoms with E-state index in [4.69, 9.17) is 0 Å². The summed E-state index contributed by atoms with van der Waals surface area (Å²) in [6.07, 6.45) is -4.76. The Bertz CT molecular complexity index is 559. The van der Waals surface area contributed by atoms with Gasteiger partial charge in [0.05, 0.1) is 14.5 Å². The average Bonchev–Trinajstić information content (AvgIpc) is 2.67. The maximum Gasteiger partial charge on any atom is 0.449 e. The summed E-state index contributed by atoms with van der Waals surface area (Å²) in [6, 6.07) is 0. The van der Waals surface area contributed by atoms with E-state index in [1.54, 1.807) is 0 Å². The summed E-state index contributed by atoms with van der Waals surface area (Å²) in [5.74, 6) is -3.61. The molecule has 0 fully saturated rings. The number of hydrogen-bond donors (Lipinski definition) is 1. The zero-order chi connectivity index (χ0) is 13.0. The first-order chi connectivity index (χ1) is 7.73. The van der Waals surface area contributed by atoms with Gasteiger partial charge in [-0.15, -0.1) is 0 Å². The Morgan fingerprint density at radius 3 is 2.12 bits per heavy atom. The minimum atomic E-state index is -4.76. The molecule has 1 aromatic heterocycles. The molecule has 9 heteroatoms. The van der Waals surface area contributed by atoms with Crippen molar-refractivity contribution in [2.45, 2.75) is 6.18 Å². The molecule has 1 aromatic carbocycles. The number of imidazole rings is 1. The predicted octanol–water partition coefficient (Wildman–Crippen LogP) is 4.38. The van der Waals surface area contributed by atoms with Gasteiger partial charge < -0.3 is 4.98 Å². The largest absolute Gasteiger partial charge is 0.449 e. The van der Waals surface area contributed by atoms with Crippen LogP contribution in [0.4, 0.5) is 22.0 Å². The summed E-state index contributed by atoms with van der Waals surface area (Å²) in [5, 5.41) is 0. The molecule has 0 bridgehead atoms. The van der Waals surface area contributed by atoms with Gasteiger partial charge in [-0.2, -0.15) is 13.2 Å². The van der Waals surface area contributed by atoms with Crippen LogP contribution in [0.5, 0.6) is 0 Å². The highest BCUT2D eigenvalue weighted by molar-refractivity contribution is 9.11. The molecule has 1 heterocycles. The van der Waals surface area contributed by atoms with Crippen LogP contribution in [0.2, 0.25) is 0 Å². The van der Waals surface area contributed by atoms with Crippen LogP contribution < -0.4 is 0 Å². The molecular formula is C8HBr2F5N2. The SMILES string of the molecule is Fc1c(Br)c(F)c2nc(C(F)(F)F)[nH]c2c1Br. The summed E-state index contributed by atoms with van der Waals surface area (Å²) in [5.41, 5.74) is -0.965. The Hall–Kier alpha value is -0.700. The molecule has 0 aliphatic carbocycles. The van der Waals surface area contributed by atoms with E-state index >= 15 is 0 Å². The molecule has 0 saturated heterocycles. The van der Waals surface area contributed by atoms with E-state index in [-0.39, 0.29) is 9.99 Å². The average molecular weight is 380 g/mol. The van der Waals surface area contributed by atoms with Crippen LogP contribution in [0.3, 0.4) is 0 Å². The lowest BCUT2D eigenvalue weighted by atomic mass is 10.3. The summed E-state index contributed by atoms with van der Waals surface area (Å²) in [6.45, 7) is 0. The van der Waals surface area contributed by atoms with Crippen molar-refractivity contribution in [1.82, 2.24) is 9.97 Å². The van der Waals surface area contributed by atoms with Gasteiger partial charge in [-0.1, -0.05) is 0 Å². The van der Waals surface area contributed by atoms with Crippen LogP contribution in [-0.2, 0) is 6.18 Å². The highest BCUT2D eigenvalue weighted by Crippen LogP contribution is 2.36. The number of rotatable bonds is 0. The maximum absolute atomic E-state index is 13.5. The number of halogens is 7. The molecule has 2 rings (SSSR count). The number of nitrogens with zero attached hydrogens (tertiary/aromatic N) is 1. The summed E-state index contributed by atoms with van der Waals surface area (Å²) < 4.78 is 63.0. The van der Waals surface area contributed by atoms with Gasteiger partial charge in [-0.05, 0) is 31.9 Å². The van der Waals surface area contributed by atoms with Crippen molar-refractivity contribution in [2.24, 2.45) is 0 Å². The van der Waals surface area contributed by atoms with E-state index in [1.807, 2.05) is 4.98 Å². The number of aromatic amines is 1. The van der Waals surface area contributed by atoms with Crippen molar-refractivity contribution in [2.75, 3.05) is 0 Å². The van der Waals surface area contributed by atoms with Gasteiger partial charge in [0.15, 0.2) is 11.6 Å². The van der Waals surface area contributed by atoms with Crippen molar-refractivity contribution < 1.29 is 22.0 Å². The molecule has 2 aromatic rings. The molecule has 17 heavy (non-hydrogen) atoms. The van der Waals surface area contributed by atoms with Crippen LogP contribution in [0.1, 0.15) is 5.82 Å². The summed E-state index contributed by atoms with van der Waals surface area (Å²) >= 11 is 5.33. The number of H-pyrrole nitrogens is 1. The number of aromatic nitrogens is 2. The number of fused-ring (bicyclic) bond motifs is 1. The van der Waals surface area contributed by atoms with Gasteiger partial charge in [0.2, 0.25) is 5.82 Å². The highest BCUT2D eigenvalue weighted by Gasteiger charge is 2.36. The Labute approximate surface area is 107 Å². The van der Waals surface area contributed by atoms with Gasteiger partial charge >= 0.3 is 6.18 Å². The first kappa shape index (κ1) is 12.7. The third-order valence-electron chi connectivity index (χ3n) is 1.98. The molecule has 0 unspecified atom stereocenters. The fourth-order valence-corrected chi connectivity index (χ4v) is 2.37. The second-order valence-corrected chi connectivity index (χ2v) is 4.65.